The van der Waals surface area contributed by atoms with Crippen LogP contribution in [0.4, 0.5) is 4.39 Å². The van der Waals surface area contributed by atoms with Crippen molar-refractivity contribution in [3.63, 3.8) is 0 Å². The van der Waals surface area contributed by atoms with Crippen LogP contribution in [0.1, 0.15) is 11.6 Å². The van der Waals surface area contributed by atoms with Crippen molar-refractivity contribution in [2.75, 3.05) is 13.7 Å². The molecule has 0 saturated heterocycles. The van der Waals surface area contributed by atoms with E-state index >= 15 is 0 Å². The van der Waals surface area contributed by atoms with Crippen LogP contribution in [-0.4, -0.2) is 18.8 Å². The van der Waals surface area contributed by atoms with Gasteiger partial charge in [0.2, 0.25) is 0 Å². The number of rotatable bonds is 3. The highest BCUT2D eigenvalue weighted by molar-refractivity contribution is 5.47. The summed E-state index contributed by atoms with van der Waals surface area (Å²) in [5.41, 5.74) is 11.1. The van der Waals surface area contributed by atoms with Gasteiger partial charge in [0.05, 0.1) is 7.11 Å². The fourth-order valence-corrected chi connectivity index (χ4v) is 1.16. The predicted octanol–water partition coefficient (Wildman–Crippen LogP) is 0.498. The number of phenolic OH excluding ortho intramolecular Hbond substituents is 1. The van der Waals surface area contributed by atoms with Crippen molar-refractivity contribution in [3.8, 4) is 11.5 Å². The van der Waals surface area contributed by atoms with Crippen LogP contribution in [0, 0.1) is 5.82 Å². The van der Waals surface area contributed by atoms with Gasteiger partial charge in [-0.05, 0) is 6.07 Å². The van der Waals surface area contributed by atoms with Gasteiger partial charge in [-0.15, -0.1) is 0 Å². The summed E-state index contributed by atoms with van der Waals surface area (Å²) >= 11 is 0. The molecule has 1 aromatic rings. The van der Waals surface area contributed by atoms with E-state index in [9.17, 15) is 9.50 Å². The van der Waals surface area contributed by atoms with E-state index in [0.717, 1.165) is 12.1 Å². The Labute approximate surface area is 81.3 Å². The van der Waals surface area contributed by atoms with Crippen molar-refractivity contribution >= 4 is 0 Å². The zero-order chi connectivity index (χ0) is 10.7. The average molecular weight is 200 g/mol. The summed E-state index contributed by atoms with van der Waals surface area (Å²) in [5.74, 6) is -0.616. The Bertz CT molecular complexity index is 331. The highest BCUT2D eigenvalue weighted by atomic mass is 19.1. The van der Waals surface area contributed by atoms with E-state index in [2.05, 4.69) is 0 Å². The number of ether oxygens (including phenoxy) is 1. The Morgan fingerprint density at radius 3 is 2.71 bits per heavy atom. The first-order valence-corrected chi connectivity index (χ1v) is 4.12. The Morgan fingerprint density at radius 2 is 2.21 bits per heavy atom. The van der Waals surface area contributed by atoms with Crippen LogP contribution in [-0.2, 0) is 0 Å². The largest absolute Gasteiger partial charge is 0.504 e. The molecule has 0 radical (unpaired) electrons. The van der Waals surface area contributed by atoms with Gasteiger partial charge in [0.25, 0.3) is 0 Å². The third kappa shape index (κ3) is 1.94. The van der Waals surface area contributed by atoms with Crippen LogP contribution in [0.5, 0.6) is 11.5 Å². The predicted molar refractivity (Wildman–Crippen MR) is 50.6 cm³/mol. The van der Waals surface area contributed by atoms with Gasteiger partial charge in [-0.1, -0.05) is 0 Å². The molecular weight excluding hydrogens is 187 g/mol. The van der Waals surface area contributed by atoms with Crippen molar-refractivity contribution in [1.82, 2.24) is 0 Å². The average Bonchev–Trinajstić information content (AvgIpc) is 2.19. The monoisotopic (exact) mass is 200 g/mol. The molecule has 14 heavy (non-hydrogen) atoms. The highest BCUT2D eigenvalue weighted by Gasteiger charge is 2.15. The number of methoxy groups -OCH3 is 1. The van der Waals surface area contributed by atoms with E-state index in [1.54, 1.807) is 0 Å². The lowest BCUT2D eigenvalue weighted by molar-refractivity contribution is 0.365. The Balaban J connectivity index is 3.21. The second-order valence-corrected chi connectivity index (χ2v) is 2.89. The molecule has 1 rings (SSSR count). The number of benzene rings is 1. The first-order valence-electron chi connectivity index (χ1n) is 4.12. The summed E-state index contributed by atoms with van der Waals surface area (Å²) in [5, 5.41) is 9.59. The zero-order valence-electron chi connectivity index (χ0n) is 7.83. The van der Waals surface area contributed by atoms with E-state index in [-0.39, 0.29) is 23.6 Å². The summed E-state index contributed by atoms with van der Waals surface area (Å²) in [6, 6.07) is 1.64. The van der Waals surface area contributed by atoms with E-state index in [1.807, 2.05) is 0 Å². The van der Waals surface area contributed by atoms with Crippen LogP contribution >= 0.6 is 0 Å². The second kappa shape index (κ2) is 4.26. The molecule has 1 aromatic carbocycles. The molecular formula is C9H13FN2O2. The minimum atomic E-state index is -0.598. The molecule has 0 fully saturated rings. The molecule has 0 aromatic heterocycles. The molecule has 78 valence electrons. The molecule has 0 aliphatic heterocycles. The summed E-state index contributed by atoms with van der Waals surface area (Å²) in [6.45, 7) is 0.125. The lowest BCUT2D eigenvalue weighted by Gasteiger charge is -2.13. The van der Waals surface area contributed by atoms with Crippen LogP contribution < -0.4 is 16.2 Å². The minimum Gasteiger partial charge on any atom is -0.504 e. The molecule has 1 unspecified atom stereocenters. The molecule has 4 nitrogen and oxygen atoms in total. The molecule has 0 spiro atoms. The van der Waals surface area contributed by atoms with Crippen LogP contribution in [0.15, 0.2) is 12.1 Å². The third-order valence-electron chi connectivity index (χ3n) is 1.94. The van der Waals surface area contributed by atoms with Gasteiger partial charge >= 0.3 is 0 Å². The molecule has 0 amide bonds. The van der Waals surface area contributed by atoms with Crippen LogP contribution in [0.25, 0.3) is 0 Å². The van der Waals surface area contributed by atoms with Gasteiger partial charge in [0, 0.05) is 24.2 Å². The van der Waals surface area contributed by atoms with Crippen molar-refractivity contribution in [1.29, 1.82) is 0 Å². The molecule has 0 aliphatic carbocycles. The molecule has 0 saturated carbocycles. The molecule has 5 N–H and O–H groups in total. The molecule has 1 atom stereocenters. The molecule has 0 aliphatic rings. The van der Waals surface area contributed by atoms with E-state index in [1.165, 1.54) is 7.11 Å². The minimum absolute atomic E-state index is 0.0592. The summed E-state index contributed by atoms with van der Waals surface area (Å²) in [7, 11) is 1.34. The summed E-state index contributed by atoms with van der Waals surface area (Å²) < 4.78 is 17.8. The Morgan fingerprint density at radius 1 is 1.57 bits per heavy atom. The Hall–Kier alpha value is -1.33. The van der Waals surface area contributed by atoms with E-state index in [0.29, 0.717) is 0 Å². The number of phenols is 1. The SMILES string of the molecule is COc1cc(F)cc(C(N)CN)c1O. The topological polar surface area (TPSA) is 81.5 Å². The summed E-state index contributed by atoms with van der Waals surface area (Å²) in [6.07, 6.45) is 0. The maximum absolute atomic E-state index is 13.0. The maximum atomic E-state index is 13.0. The van der Waals surface area contributed by atoms with E-state index < -0.39 is 11.9 Å². The number of hydrogen-bond acceptors (Lipinski definition) is 4. The van der Waals surface area contributed by atoms with Gasteiger partial charge in [-0.3, -0.25) is 0 Å². The quantitative estimate of drug-likeness (QED) is 0.663. The van der Waals surface area contributed by atoms with Crippen LogP contribution in [0.2, 0.25) is 0 Å². The fourth-order valence-electron chi connectivity index (χ4n) is 1.16. The molecule has 0 heterocycles. The van der Waals surface area contributed by atoms with Crippen molar-refractivity contribution in [3.05, 3.63) is 23.5 Å². The molecule has 0 bridgehead atoms. The Kier molecular flexibility index (Phi) is 3.27. The third-order valence-corrected chi connectivity index (χ3v) is 1.94. The normalized spacial score (nSPS) is 12.6. The maximum Gasteiger partial charge on any atom is 0.163 e. The van der Waals surface area contributed by atoms with Gasteiger partial charge in [-0.25, -0.2) is 4.39 Å². The first-order chi connectivity index (χ1) is 6.60. The lowest BCUT2D eigenvalue weighted by atomic mass is 10.1. The second-order valence-electron chi connectivity index (χ2n) is 2.89. The summed E-state index contributed by atoms with van der Waals surface area (Å²) in [4.78, 5) is 0. The van der Waals surface area contributed by atoms with Gasteiger partial charge in [0.15, 0.2) is 11.5 Å². The fraction of sp³-hybridized carbons (Fsp3) is 0.333. The van der Waals surface area contributed by atoms with Gasteiger partial charge in [-0.2, -0.15) is 0 Å². The number of halogens is 1. The van der Waals surface area contributed by atoms with Gasteiger partial charge < -0.3 is 21.3 Å². The molecule has 5 heteroatoms. The smallest absolute Gasteiger partial charge is 0.163 e. The standard InChI is InChI=1S/C9H13FN2O2/c1-14-8-3-5(10)2-6(9(8)13)7(12)4-11/h2-3,7,13H,4,11-12H2,1H3. The van der Waals surface area contributed by atoms with Crippen molar-refractivity contribution < 1.29 is 14.2 Å². The van der Waals surface area contributed by atoms with Crippen molar-refractivity contribution in [2.45, 2.75) is 6.04 Å². The number of aromatic hydroxyl groups is 1. The highest BCUT2D eigenvalue weighted by Crippen LogP contribution is 2.33. The van der Waals surface area contributed by atoms with Crippen molar-refractivity contribution in [2.24, 2.45) is 11.5 Å². The number of nitrogens with two attached hydrogens (primary N) is 2. The van der Waals surface area contributed by atoms with Gasteiger partial charge in [0.1, 0.15) is 5.82 Å². The zero-order valence-corrected chi connectivity index (χ0v) is 7.83. The lowest BCUT2D eigenvalue weighted by Crippen LogP contribution is -2.21. The van der Waals surface area contributed by atoms with E-state index in [4.69, 9.17) is 16.2 Å². The number of hydrogen-bond donors (Lipinski definition) is 3. The van der Waals surface area contributed by atoms with Crippen LogP contribution in [0.3, 0.4) is 0 Å². The first kappa shape index (κ1) is 10.7.